The summed E-state index contributed by atoms with van der Waals surface area (Å²) >= 11 is 0. The summed E-state index contributed by atoms with van der Waals surface area (Å²) in [4.78, 5) is 10.8. The quantitative estimate of drug-likeness (QED) is 0.810. The number of nitrogens with zero attached hydrogens (tertiary/aromatic N) is 3. The van der Waals surface area contributed by atoms with Gasteiger partial charge >= 0.3 is 0 Å². The maximum atomic E-state index is 5.69. The Balaban J connectivity index is 2.02. The molecule has 2 N–H and O–H groups in total. The average molecular weight is 222 g/mol. The zero-order chi connectivity index (χ0) is 11.5. The van der Waals surface area contributed by atoms with Crippen molar-refractivity contribution in [2.75, 3.05) is 26.0 Å². The Morgan fingerprint density at radius 1 is 1.56 bits per heavy atom. The van der Waals surface area contributed by atoms with E-state index in [0.717, 1.165) is 37.7 Å². The molecule has 0 aliphatic carbocycles. The van der Waals surface area contributed by atoms with E-state index in [9.17, 15) is 0 Å². The predicted octanol–water partition coefficient (Wildman–Crippen LogP) is 0.588. The van der Waals surface area contributed by atoms with Crippen molar-refractivity contribution in [1.29, 1.82) is 0 Å². The van der Waals surface area contributed by atoms with Crippen molar-refractivity contribution in [2.24, 2.45) is 0 Å². The molecule has 1 fully saturated rings. The first-order chi connectivity index (χ1) is 7.65. The Hall–Kier alpha value is -1.20. The van der Waals surface area contributed by atoms with Crippen LogP contribution in [0, 0.1) is 6.92 Å². The lowest BCUT2D eigenvalue weighted by Crippen LogP contribution is -2.32. The molecule has 2 rings (SSSR count). The molecule has 0 spiro atoms. The number of hydrogen-bond acceptors (Lipinski definition) is 5. The van der Waals surface area contributed by atoms with E-state index in [1.54, 1.807) is 6.07 Å². The van der Waals surface area contributed by atoms with Crippen LogP contribution in [0.25, 0.3) is 0 Å². The van der Waals surface area contributed by atoms with Crippen LogP contribution in [0.5, 0.6) is 0 Å². The van der Waals surface area contributed by atoms with Gasteiger partial charge in [0, 0.05) is 24.4 Å². The molecule has 1 atom stereocenters. The van der Waals surface area contributed by atoms with Crippen molar-refractivity contribution < 1.29 is 4.74 Å². The smallest absolute Gasteiger partial charge is 0.144 e. The topological polar surface area (TPSA) is 64.3 Å². The Morgan fingerprint density at radius 2 is 2.38 bits per heavy atom. The third-order valence-electron chi connectivity index (χ3n) is 2.84. The van der Waals surface area contributed by atoms with Crippen molar-refractivity contribution in [3.63, 3.8) is 0 Å². The Labute approximate surface area is 95.6 Å². The molecule has 0 bridgehead atoms. The van der Waals surface area contributed by atoms with E-state index in [1.165, 1.54) is 0 Å². The van der Waals surface area contributed by atoms with Crippen molar-refractivity contribution >= 4 is 5.82 Å². The van der Waals surface area contributed by atoms with Gasteiger partial charge in [0.1, 0.15) is 11.6 Å². The highest BCUT2D eigenvalue weighted by Gasteiger charge is 2.20. The van der Waals surface area contributed by atoms with E-state index in [4.69, 9.17) is 10.5 Å². The lowest BCUT2D eigenvalue weighted by Gasteiger charge is -2.21. The number of likely N-dealkylation sites (N-methyl/N-ethyl adjacent to an activating group) is 1. The van der Waals surface area contributed by atoms with E-state index in [-0.39, 0.29) is 0 Å². The fraction of sp³-hybridized carbons (Fsp3) is 0.636. The summed E-state index contributed by atoms with van der Waals surface area (Å²) in [6.07, 6.45) is 1.08. The van der Waals surface area contributed by atoms with Gasteiger partial charge in [-0.2, -0.15) is 0 Å². The Kier molecular flexibility index (Phi) is 3.36. The molecule has 1 aliphatic heterocycles. The molecule has 0 aromatic carbocycles. The van der Waals surface area contributed by atoms with Crippen molar-refractivity contribution in [2.45, 2.75) is 25.9 Å². The number of rotatable bonds is 3. The van der Waals surface area contributed by atoms with Crippen LogP contribution < -0.4 is 5.73 Å². The average Bonchev–Trinajstić information content (AvgIpc) is 2.68. The molecule has 1 aromatic heterocycles. The maximum Gasteiger partial charge on any atom is 0.144 e. The second-order valence-electron chi connectivity index (χ2n) is 4.28. The summed E-state index contributed by atoms with van der Waals surface area (Å²) in [5.74, 6) is 1.32. The second kappa shape index (κ2) is 4.76. The molecular weight excluding hydrogens is 204 g/mol. The van der Waals surface area contributed by atoms with Gasteiger partial charge in [-0.05, 0) is 20.4 Å². The lowest BCUT2D eigenvalue weighted by atomic mass is 10.2. The van der Waals surface area contributed by atoms with Crippen LogP contribution in [-0.4, -0.2) is 41.2 Å². The minimum atomic E-state index is 0.477. The SMILES string of the molecule is Cc1cc(N)nc(CN(C)C2CCOC2)n1. The molecule has 16 heavy (non-hydrogen) atoms. The Bertz CT molecular complexity index is 343. The highest BCUT2D eigenvalue weighted by Crippen LogP contribution is 2.13. The van der Waals surface area contributed by atoms with Crippen molar-refractivity contribution in [3.05, 3.63) is 17.6 Å². The summed E-state index contributed by atoms with van der Waals surface area (Å²) < 4.78 is 5.36. The van der Waals surface area contributed by atoms with Gasteiger partial charge in [0.05, 0.1) is 13.2 Å². The van der Waals surface area contributed by atoms with Crippen LogP contribution in [0.1, 0.15) is 17.9 Å². The van der Waals surface area contributed by atoms with Crippen LogP contribution in [-0.2, 0) is 11.3 Å². The largest absolute Gasteiger partial charge is 0.384 e. The number of nitrogens with two attached hydrogens (primary N) is 1. The van der Waals surface area contributed by atoms with Crippen LogP contribution in [0.15, 0.2) is 6.07 Å². The summed E-state index contributed by atoms with van der Waals surface area (Å²) in [7, 11) is 2.07. The predicted molar refractivity (Wildman–Crippen MR) is 61.9 cm³/mol. The number of nitrogen functional groups attached to an aromatic ring is 1. The molecule has 1 saturated heterocycles. The van der Waals surface area contributed by atoms with Crippen molar-refractivity contribution in [3.8, 4) is 0 Å². The first-order valence-electron chi connectivity index (χ1n) is 5.53. The first kappa shape index (κ1) is 11.3. The molecular formula is C11H18N4O. The van der Waals surface area contributed by atoms with Gasteiger partial charge in [0.25, 0.3) is 0 Å². The maximum absolute atomic E-state index is 5.69. The third kappa shape index (κ3) is 2.68. The number of aryl methyl sites for hydroxylation is 1. The van der Waals surface area contributed by atoms with E-state index in [0.29, 0.717) is 11.9 Å². The highest BCUT2D eigenvalue weighted by molar-refractivity contribution is 5.29. The summed E-state index contributed by atoms with van der Waals surface area (Å²) in [6.45, 7) is 4.31. The summed E-state index contributed by atoms with van der Waals surface area (Å²) in [6, 6.07) is 2.26. The van der Waals surface area contributed by atoms with Crippen molar-refractivity contribution in [1.82, 2.24) is 14.9 Å². The number of anilines is 1. The fourth-order valence-electron chi connectivity index (χ4n) is 1.95. The Morgan fingerprint density at radius 3 is 3.00 bits per heavy atom. The molecule has 1 unspecified atom stereocenters. The molecule has 5 nitrogen and oxygen atoms in total. The molecule has 88 valence electrons. The second-order valence-corrected chi connectivity index (χ2v) is 4.28. The minimum absolute atomic E-state index is 0.477. The standard InChI is InChI=1S/C11H18N4O/c1-8-5-10(12)14-11(13-8)6-15(2)9-3-4-16-7-9/h5,9H,3-4,6-7H2,1-2H3,(H2,12,13,14). The third-order valence-corrected chi connectivity index (χ3v) is 2.84. The molecule has 0 amide bonds. The fourth-order valence-corrected chi connectivity index (χ4v) is 1.95. The number of hydrogen-bond donors (Lipinski definition) is 1. The molecule has 2 heterocycles. The van der Waals surface area contributed by atoms with Gasteiger partial charge < -0.3 is 10.5 Å². The molecule has 1 aromatic rings. The lowest BCUT2D eigenvalue weighted by molar-refractivity contribution is 0.155. The first-order valence-corrected chi connectivity index (χ1v) is 5.53. The van der Waals surface area contributed by atoms with Gasteiger partial charge in [-0.3, -0.25) is 4.90 Å². The van der Waals surface area contributed by atoms with Gasteiger partial charge in [-0.1, -0.05) is 0 Å². The van der Waals surface area contributed by atoms with Crippen LogP contribution in [0.2, 0.25) is 0 Å². The summed E-state index contributed by atoms with van der Waals surface area (Å²) in [5.41, 5.74) is 6.61. The zero-order valence-electron chi connectivity index (χ0n) is 9.81. The summed E-state index contributed by atoms with van der Waals surface area (Å²) in [5, 5.41) is 0. The normalized spacial score (nSPS) is 20.6. The van der Waals surface area contributed by atoms with Gasteiger partial charge in [-0.25, -0.2) is 9.97 Å². The molecule has 0 saturated carbocycles. The van der Waals surface area contributed by atoms with E-state index < -0.39 is 0 Å². The van der Waals surface area contributed by atoms with Crippen LogP contribution in [0.4, 0.5) is 5.82 Å². The van der Waals surface area contributed by atoms with Gasteiger partial charge in [-0.15, -0.1) is 0 Å². The zero-order valence-corrected chi connectivity index (χ0v) is 9.81. The van der Waals surface area contributed by atoms with E-state index >= 15 is 0 Å². The van der Waals surface area contributed by atoms with Gasteiger partial charge in [0.2, 0.25) is 0 Å². The molecule has 5 heteroatoms. The minimum Gasteiger partial charge on any atom is -0.384 e. The molecule has 0 radical (unpaired) electrons. The van der Waals surface area contributed by atoms with Crippen LogP contribution in [0.3, 0.4) is 0 Å². The van der Waals surface area contributed by atoms with Crippen LogP contribution >= 0.6 is 0 Å². The highest BCUT2D eigenvalue weighted by atomic mass is 16.5. The number of aromatic nitrogens is 2. The van der Waals surface area contributed by atoms with E-state index in [2.05, 4.69) is 21.9 Å². The number of ether oxygens (including phenoxy) is 1. The van der Waals surface area contributed by atoms with Gasteiger partial charge in [0.15, 0.2) is 0 Å². The van der Waals surface area contributed by atoms with E-state index in [1.807, 2.05) is 6.92 Å². The molecule has 1 aliphatic rings. The monoisotopic (exact) mass is 222 g/mol.